The summed E-state index contributed by atoms with van der Waals surface area (Å²) in [6.45, 7) is 0. The Balaban J connectivity index is 2.94. The Morgan fingerprint density at radius 2 is 2.33 bits per heavy atom. The van der Waals surface area contributed by atoms with Crippen molar-refractivity contribution >= 4 is 17.2 Å². The average molecular weight is 179 g/mol. The fraction of sp³-hybridized carbons (Fsp3) is 0. The molecule has 0 bridgehead atoms. The van der Waals surface area contributed by atoms with E-state index in [1.54, 1.807) is 16.5 Å². The Morgan fingerprint density at radius 1 is 1.50 bits per heavy atom. The number of rotatable bonds is 0. The molecule has 58 valence electrons. The lowest BCUT2D eigenvalue weighted by atomic mass is 10.3. The molecule has 0 amide bonds. The molecule has 4 nitrogen and oxygen atoms in total. The van der Waals surface area contributed by atoms with E-state index in [4.69, 9.17) is 16.9 Å². The molecule has 12 heavy (non-hydrogen) atoms. The molecule has 2 aromatic rings. The highest BCUT2D eigenvalue weighted by Gasteiger charge is 2.04. The smallest absolute Gasteiger partial charge is 0.161 e. The minimum absolute atomic E-state index is 0.360. The van der Waals surface area contributed by atoms with Crippen LogP contribution in [-0.2, 0) is 0 Å². The maximum Gasteiger partial charge on any atom is 0.161 e. The summed E-state index contributed by atoms with van der Waals surface area (Å²) in [5, 5.41) is 16.6. The number of hydrogen-bond donors (Lipinski definition) is 0. The van der Waals surface area contributed by atoms with E-state index in [1.807, 2.05) is 6.07 Å². The number of pyridine rings is 1. The molecule has 0 N–H and O–H groups in total. The second-order valence-corrected chi connectivity index (χ2v) is 2.61. The highest BCUT2D eigenvalue weighted by atomic mass is 35.5. The van der Waals surface area contributed by atoms with Gasteiger partial charge in [0.05, 0.1) is 5.02 Å². The summed E-state index contributed by atoms with van der Waals surface area (Å²) in [6.07, 6.45) is 1.46. The zero-order valence-electron chi connectivity index (χ0n) is 5.90. The third-order valence-corrected chi connectivity index (χ3v) is 1.83. The van der Waals surface area contributed by atoms with Gasteiger partial charge in [-0.2, -0.15) is 5.26 Å². The Kier molecular flexibility index (Phi) is 1.45. The molecule has 0 saturated carbocycles. The number of fused-ring (bicyclic) bond motifs is 1. The first-order valence-electron chi connectivity index (χ1n) is 3.21. The third kappa shape index (κ3) is 0.840. The van der Waals surface area contributed by atoms with Crippen molar-refractivity contribution < 1.29 is 0 Å². The molecule has 5 heteroatoms. The molecule has 0 atom stereocenters. The molecular weight excluding hydrogens is 176 g/mol. The SMILES string of the molecule is N#Cc1c(Cl)ccc2nncn12. The van der Waals surface area contributed by atoms with E-state index in [9.17, 15) is 0 Å². The second-order valence-electron chi connectivity index (χ2n) is 2.20. The van der Waals surface area contributed by atoms with Crippen molar-refractivity contribution in [3.05, 3.63) is 29.2 Å². The number of aromatic nitrogens is 3. The van der Waals surface area contributed by atoms with E-state index >= 15 is 0 Å². The standard InChI is InChI=1S/C7H3ClN4/c8-5-1-2-7-11-10-4-12(7)6(5)3-9/h1-2,4H. The van der Waals surface area contributed by atoms with Crippen molar-refractivity contribution in [3.8, 4) is 6.07 Å². The molecule has 0 unspecified atom stereocenters. The molecular formula is C7H3ClN4. The van der Waals surface area contributed by atoms with Gasteiger partial charge < -0.3 is 0 Å². The second kappa shape index (κ2) is 2.47. The first kappa shape index (κ1) is 7.07. The van der Waals surface area contributed by atoms with Crippen LogP contribution in [0, 0.1) is 11.3 Å². The number of nitrogens with zero attached hydrogens (tertiary/aromatic N) is 4. The molecule has 2 heterocycles. The molecule has 2 aromatic heterocycles. The molecule has 0 aromatic carbocycles. The first-order valence-corrected chi connectivity index (χ1v) is 3.59. The summed E-state index contributed by atoms with van der Waals surface area (Å²) in [7, 11) is 0. The Morgan fingerprint density at radius 3 is 3.08 bits per heavy atom. The molecule has 2 rings (SSSR count). The van der Waals surface area contributed by atoms with Gasteiger partial charge >= 0.3 is 0 Å². The predicted octanol–water partition coefficient (Wildman–Crippen LogP) is 1.25. The Hall–Kier alpha value is -1.60. The zero-order valence-corrected chi connectivity index (χ0v) is 6.65. The van der Waals surface area contributed by atoms with Crippen molar-refractivity contribution in [1.82, 2.24) is 14.6 Å². The van der Waals surface area contributed by atoms with Gasteiger partial charge in [-0.1, -0.05) is 11.6 Å². The number of halogens is 1. The minimum atomic E-state index is 0.360. The van der Waals surface area contributed by atoms with Crippen LogP contribution in [0.3, 0.4) is 0 Å². The van der Waals surface area contributed by atoms with Crippen LogP contribution in [-0.4, -0.2) is 14.6 Å². The Labute approximate surface area is 73.0 Å². The summed E-state index contributed by atoms with van der Waals surface area (Å²) in [6, 6.07) is 5.31. The van der Waals surface area contributed by atoms with E-state index in [2.05, 4.69) is 10.2 Å². The van der Waals surface area contributed by atoms with Crippen LogP contribution in [0.5, 0.6) is 0 Å². The van der Waals surface area contributed by atoms with Gasteiger partial charge in [0.1, 0.15) is 18.1 Å². The maximum atomic E-state index is 8.72. The summed E-state index contributed by atoms with van der Waals surface area (Å²) < 4.78 is 1.54. The van der Waals surface area contributed by atoms with E-state index in [1.165, 1.54) is 6.33 Å². The van der Waals surface area contributed by atoms with E-state index in [-0.39, 0.29) is 0 Å². The molecule has 0 saturated heterocycles. The van der Waals surface area contributed by atoms with E-state index in [0.717, 1.165) is 0 Å². The summed E-state index contributed by atoms with van der Waals surface area (Å²) in [4.78, 5) is 0. The fourth-order valence-corrected chi connectivity index (χ4v) is 1.18. The van der Waals surface area contributed by atoms with Crippen LogP contribution in [0.4, 0.5) is 0 Å². The van der Waals surface area contributed by atoms with Gasteiger partial charge in [-0.3, -0.25) is 4.40 Å². The van der Waals surface area contributed by atoms with E-state index in [0.29, 0.717) is 16.4 Å². The van der Waals surface area contributed by atoms with Crippen LogP contribution in [0.2, 0.25) is 5.02 Å². The van der Waals surface area contributed by atoms with Gasteiger partial charge in [0.15, 0.2) is 5.65 Å². The maximum absolute atomic E-state index is 8.72. The molecule has 0 fully saturated rings. The van der Waals surface area contributed by atoms with Crippen molar-refractivity contribution in [2.24, 2.45) is 0 Å². The minimum Gasteiger partial charge on any atom is -0.271 e. The predicted molar refractivity (Wildman–Crippen MR) is 42.7 cm³/mol. The van der Waals surface area contributed by atoms with Crippen LogP contribution >= 0.6 is 11.6 Å². The molecule has 0 spiro atoms. The molecule has 0 aliphatic carbocycles. The quantitative estimate of drug-likeness (QED) is 0.610. The first-order chi connectivity index (χ1) is 5.83. The highest BCUT2D eigenvalue weighted by Crippen LogP contribution is 2.15. The largest absolute Gasteiger partial charge is 0.271 e. The third-order valence-electron chi connectivity index (χ3n) is 1.53. The molecule has 0 radical (unpaired) electrons. The number of hydrogen-bond acceptors (Lipinski definition) is 3. The normalized spacial score (nSPS) is 10.0. The fourth-order valence-electron chi connectivity index (χ4n) is 0.979. The van der Waals surface area contributed by atoms with Crippen LogP contribution < -0.4 is 0 Å². The lowest BCUT2D eigenvalue weighted by molar-refractivity contribution is 1.09. The summed E-state index contributed by atoms with van der Waals surface area (Å²) >= 11 is 5.76. The lowest BCUT2D eigenvalue weighted by Gasteiger charge is -1.96. The zero-order chi connectivity index (χ0) is 8.55. The van der Waals surface area contributed by atoms with Crippen molar-refractivity contribution in [2.45, 2.75) is 0 Å². The van der Waals surface area contributed by atoms with Gasteiger partial charge in [0.25, 0.3) is 0 Å². The van der Waals surface area contributed by atoms with Crippen LogP contribution in [0.1, 0.15) is 5.69 Å². The average Bonchev–Trinajstić information content (AvgIpc) is 2.52. The van der Waals surface area contributed by atoms with Gasteiger partial charge in [-0.05, 0) is 12.1 Å². The van der Waals surface area contributed by atoms with Crippen LogP contribution in [0.25, 0.3) is 5.65 Å². The molecule has 0 aliphatic rings. The van der Waals surface area contributed by atoms with Crippen molar-refractivity contribution in [3.63, 3.8) is 0 Å². The van der Waals surface area contributed by atoms with Gasteiger partial charge in [-0.25, -0.2) is 0 Å². The number of nitriles is 1. The summed E-state index contributed by atoms with van der Waals surface area (Å²) in [5.74, 6) is 0. The van der Waals surface area contributed by atoms with E-state index < -0.39 is 0 Å². The van der Waals surface area contributed by atoms with Crippen molar-refractivity contribution in [1.29, 1.82) is 5.26 Å². The van der Waals surface area contributed by atoms with Crippen molar-refractivity contribution in [2.75, 3.05) is 0 Å². The van der Waals surface area contributed by atoms with Gasteiger partial charge in [-0.15, -0.1) is 10.2 Å². The molecule has 0 aliphatic heterocycles. The van der Waals surface area contributed by atoms with Crippen LogP contribution in [0.15, 0.2) is 18.5 Å². The van der Waals surface area contributed by atoms with Gasteiger partial charge in [0.2, 0.25) is 0 Å². The topological polar surface area (TPSA) is 54.0 Å². The highest BCUT2D eigenvalue weighted by molar-refractivity contribution is 6.31. The monoisotopic (exact) mass is 178 g/mol. The lowest BCUT2D eigenvalue weighted by Crippen LogP contribution is -1.90. The Bertz CT molecular complexity index is 468. The van der Waals surface area contributed by atoms with Gasteiger partial charge in [0, 0.05) is 0 Å². The summed E-state index contributed by atoms with van der Waals surface area (Å²) in [5.41, 5.74) is 0.982.